The number of benzene rings is 2. The van der Waals surface area contributed by atoms with Crippen molar-refractivity contribution in [3.8, 4) is 24.8 Å². The molecule has 2 unspecified atom stereocenters. The predicted molar refractivity (Wildman–Crippen MR) is 146 cm³/mol. The van der Waals surface area contributed by atoms with Gasteiger partial charge in [-0.1, -0.05) is 68.1 Å². The van der Waals surface area contributed by atoms with Gasteiger partial charge >= 0.3 is 6.09 Å². The highest BCUT2D eigenvalue weighted by Gasteiger charge is 2.38. The third-order valence-electron chi connectivity index (χ3n) is 5.37. The molecule has 0 aromatic heterocycles. The molecule has 0 spiro atoms. The number of nitrogens with zero attached hydrogens (tertiary/aromatic N) is 1. The quantitative estimate of drug-likeness (QED) is 0.383. The number of rotatable bonds is 7. The van der Waals surface area contributed by atoms with Crippen molar-refractivity contribution < 1.29 is 19.1 Å². The van der Waals surface area contributed by atoms with E-state index in [1.807, 2.05) is 0 Å². The summed E-state index contributed by atoms with van der Waals surface area (Å²) in [5.41, 5.74) is 1.05. The number of ether oxygens (including phenoxy) is 1. The van der Waals surface area contributed by atoms with E-state index in [4.69, 9.17) is 29.2 Å². The van der Waals surface area contributed by atoms with E-state index < -0.39 is 35.6 Å². The average molecular weight is 522 g/mol. The summed E-state index contributed by atoms with van der Waals surface area (Å²) in [7, 11) is 0. The van der Waals surface area contributed by atoms with Crippen molar-refractivity contribution in [2.45, 2.75) is 59.2 Å². The van der Waals surface area contributed by atoms with Gasteiger partial charge < -0.3 is 15.4 Å². The van der Waals surface area contributed by atoms with Crippen LogP contribution in [0.2, 0.25) is 5.02 Å². The van der Waals surface area contributed by atoms with E-state index in [9.17, 15) is 14.4 Å². The van der Waals surface area contributed by atoms with E-state index in [0.29, 0.717) is 21.8 Å². The molecule has 0 heterocycles. The number of hydrogen-bond donors (Lipinski definition) is 2. The normalized spacial score (nSPS) is 12.5. The van der Waals surface area contributed by atoms with E-state index in [-0.39, 0.29) is 5.92 Å². The molecule has 0 aliphatic carbocycles. The summed E-state index contributed by atoms with van der Waals surface area (Å²) in [5.74, 6) is 0.867. The summed E-state index contributed by atoms with van der Waals surface area (Å²) in [4.78, 5) is 41.0. The fraction of sp³-hybridized carbons (Fsp3) is 0.345. The molecule has 0 saturated carbocycles. The molecule has 0 fully saturated rings. The van der Waals surface area contributed by atoms with E-state index in [1.54, 1.807) is 84.0 Å². The van der Waals surface area contributed by atoms with Crippen LogP contribution in [0.3, 0.4) is 0 Å². The zero-order chi connectivity index (χ0) is 27.9. The Labute approximate surface area is 223 Å². The van der Waals surface area contributed by atoms with Crippen molar-refractivity contribution >= 4 is 35.2 Å². The molecule has 7 nitrogen and oxygen atoms in total. The average Bonchev–Trinajstić information content (AvgIpc) is 2.81. The first-order chi connectivity index (χ1) is 17.3. The number of alkyl carbamates (subject to hydrolysis) is 1. The number of halogens is 1. The highest BCUT2D eigenvalue weighted by atomic mass is 35.5. The SMILES string of the molecule is C#Cc1ccccc1C(C(=O)Nc1c(C)cccc1Cl)N(C#C)C(=O)C(NC(=O)OC(C)(C)C)C(C)C. The van der Waals surface area contributed by atoms with Crippen molar-refractivity contribution in [2.75, 3.05) is 5.32 Å². The van der Waals surface area contributed by atoms with Crippen LogP contribution in [0.5, 0.6) is 0 Å². The Hall–Kier alpha value is -3.94. The van der Waals surface area contributed by atoms with Crippen molar-refractivity contribution in [1.29, 1.82) is 0 Å². The van der Waals surface area contributed by atoms with Gasteiger partial charge in [0, 0.05) is 17.2 Å². The smallest absolute Gasteiger partial charge is 0.408 e. The molecule has 2 N–H and O–H groups in total. The Balaban J connectivity index is 2.56. The van der Waals surface area contributed by atoms with Gasteiger partial charge in [-0.2, -0.15) is 0 Å². The zero-order valence-corrected chi connectivity index (χ0v) is 22.6. The lowest BCUT2D eigenvalue weighted by atomic mass is 9.96. The molecule has 8 heteroatoms. The van der Waals surface area contributed by atoms with Crippen LogP contribution >= 0.6 is 11.6 Å². The predicted octanol–water partition coefficient (Wildman–Crippen LogP) is 5.28. The summed E-state index contributed by atoms with van der Waals surface area (Å²) in [5, 5.41) is 5.71. The molecule has 3 amide bonds. The molecule has 0 bridgehead atoms. The molecule has 2 aromatic rings. The van der Waals surface area contributed by atoms with Crippen LogP contribution in [-0.2, 0) is 14.3 Å². The number of aryl methyl sites for hydroxylation is 1. The Kier molecular flexibility index (Phi) is 9.77. The summed E-state index contributed by atoms with van der Waals surface area (Å²) < 4.78 is 5.32. The van der Waals surface area contributed by atoms with E-state index in [0.717, 1.165) is 10.5 Å². The number of nitrogens with one attached hydrogen (secondary N) is 2. The molecule has 37 heavy (non-hydrogen) atoms. The molecule has 2 rings (SSSR count). The third kappa shape index (κ3) is 7.52. The summed E-state index contributed by atoms with van der Waals surface area (Å²) >= 11 is 6.33. The molecule has 0 aliphatic heterocycles. The maximum Gasteiger partial charge on any atom is 0.408 e. The minimum Gasteiger partial charge on any atom is -0.444 e. The molecular formula is C29H32ClN3O4. The molecule has 2 atom stereocenters. The van der Waals surface area contributed by atoms with Gasteiger partial charge in [-0.15, -0.1) is 6.42 Å². The standard InChI is InChI=1S/C29H32ClN3O4/c1-9-20-15-11-12-16-21(20)25(26(34)31-24-19(5)14-13-17-22(24)30)33(10-2)27(35)23(18(3)4)32-28(36)37-29(6,7)8/h1-2,11-18,23,25H,3-8H3,(H,31,34)(H,32,36). The van der Waals surface area contributed by atoms with Gasteiger partial charge in [-0.05, 0) is 51.3 Å². The summed E-state index contributed by atoms with van der Waals surface area (Å²) in [6.45, 7) is 10.4. The lowest BCUT2D eigenvalue weighted by Crippen LogP contribution is -2.53. The van der Waals surface area contributed by atoms with Crippen LogP contribution in [0.15, 0.2) is 42.5 Å². The fourth-order valence-corrected chi connectivity index (χ4v) is 3.88. The second-order valence-corrected chi connectivity index (χ2v) is 10.2. The summed E-state index contributed by atoms with van der Waals surface area (Å²) in [6.07, 6.45) is 10.7. The number of amides is 3. The van der Waals surface area contributed by atoms with Gasteiger partial charge in [0.25, 0.3) is 11.8 Å². The molecule has 0 aliphatic rings. The number of hydrogen-bond acceptors (Lipinski definition) is 4. The van der Waals surface area contributed by atoms with Crippen LogP contribution in [0.25, 0.3) is 0 Å². The first-order valence-corrected chi connectivity index (χ1v) is 12.1. The third-order valence-corrected chi connectivity index (χ3v) is 5.68. The van der Waals surface area contributed by atoms with E-state index in [2.05, 4.69) is 22.6 Å². The van der Waals surface area contributed by atoms with Crippen molar-refractivity contribution in [3.05, 3.63) is 64.2 Å². The van der Waals surface area contributed by atoms with Gasteiger partial charge in [-0.25, -0.2) is 4.79 Å². The number of carbonyl (C=O) groups is 3. The molecule has 0 radical (unpaired) electrons. The minimum atomic E-state index is -1.32. The van der Waals surface area contributed by atoms with E-state index in [1.165, 1.54) is 0 Å². The van der Waals surface area contributed by atoms with Gasteiger partial charge in [-0.3, -0.25) is 14.5 Å². The Morgan fingerprint density at radius 3 is 2.24 bits per heavy atom. The zero-order valence-electron chi connectivity index (χ0n) is 21.9. The second kappa shape index (κ2) is 12.3. The second-order valence-electron chi connectivity index (χ2n) is 9.76. The van der Waals surface area contributed by atoms with Gasteiger partial charge in [0.05, 0.1) is 10.7 Å². The molecule has 2 aromatic carbocycles. The van der Waals surface area contributed by atoms with Crippen LogP contribution in [0, 0.1) is 37.7 Å². The van der Waals surface area contributed by atoms with Crippen molar-refractivity contribution in [2.24, 2.45) is 5.92 Å². The first-order valence-electron chi connectivity index (χ1n) is 11.7. The van der Waals surface area contributed by atoms with Gasteiger partial charge in [0.1, 0.15) is 11.6 Å². The van der Waals surface area contributed by atoms with Crippen LogP contribution in [0.1, 0.15) is 57.4 Å². The Bertz CT molecular complexity index is 1230. The maximum absolute atomic E-state index is 13.8. The fourth-order valence-electron chi connectivity index (χ4n) is 3.61. The van der Waals surface area contributed by atoms with E-state index >= 15 is 0 Å². The first kappa shape index (κ1) is 29.3. The number of carbonyl (C=O) groups excluding carboxylic acids is 3. The Morgan fingerprint density at radius 2 is 1.70 bits per heavy atom. The number of para-hydroxylation sites is 1. The highest BCUT2D eigenvalue weighted by Crippen LogP contribution is 2.30. The lowest BCUT2D eigenvalue weighted by Gasteiger charge is -2.32. The van der Waals surface area contributed by atoms with Gasteiger partial charge in [0.2, 0.25) is 0 Å². The summed E-state index contributed by atoms with van der Waals surface area (Å²) in [6, 6.07) is 11.8. The minimum absolute atomic E-state index is 0.322. The Morgan fingerprint density at radius 1 is 1.05 bits per heavy atom. The topological polar surface area (TPSA) is 87.7 Å². The van der Waals surface area contributed by atoms with Crippen molar-refractivity contribution in [1.82, 2.24) is 10.2 Å². The van der Waals surface area contributed by atoms with Gasteiger partial charge in [0.15, 0.2) is 6.04 Å². The largest absolute Gasteiger partial charge is 0.444 e. The lowest BCUT2D eigenvalue weighted by molar-refractivity contribution is -0.137. The number of anilines is 1. The van der Waals surface area contributed by atoms with Crippen LogP contribution in [-0.4, -0.2) is 34.5 Å². The monoisotopic (exact) mass is 521 g/mol. The maximum atomic E-state index is 13.8. The molecular weight excluding hydrogens is 490 g/mol. The van der Waals surface area contributed by atoms with Crippen LogP contribution < -0.4 is 10.6 Å². The molecule has 0 saturated heterocycles. The number of terminal acetylenes is 2. The van der Waals surface area contributed by atoms with Crippen molar-refractivity contribution in [3.63, 3.8) is 0 Å². The molecule has 194 valence electrons. The van der Waals surface area contributed by atoms with Crippen LogP contribution in [0.4, 0.5) is 10.5 Å². The highest BCUT2D eigenvalue weighted by molar-refractivity contribution is 6.34.